The Morgan fingerprint density at radius 3 is 2.57 bits per heavy atom. The SMILES string of the molecule is Cc1cc(OCC/C=N\N=C(N)N)cc(OS(=O)(=O)c2cc(Cl)ccc2Cl)c1. The molecule has 0 unspecified atom stereocenters. The number of ether oxygens (including phenoxy) is 1. The standard InChI is InChI=1S/C17H18Cl2N4O4S/c1-11-7-13(26-6-2-5-22-23-17(20)21)10-14(8-11)27-28(24,25)16-9-12(18)3-4-15(16)19/h3-5,7-10H,2,6H2,1H3,(H4,20,21,23)/b22-5-. The van der Waals surface area contributed by atoms with Crippen molar-refractivity contribution in [2.75, 3.05) is 6.61 Å². The van der Waals surface area contributed by atoms with E-state index in [1.165, 1.54) is 30.5 Å². The second kappa shape index (κ2) is 9.63. The summed E-state index contributed by atoms with van der Waals surface area (Å²) in [6, 6.07) is 8.84. The van der Waals surface area contributed by atoms with E-state index < -0.39 is 10.1 Å². The van der Waals surface area contributed by atoms with Crippen molar-refractivity contribution in [3.63, 3.8) is 0 Å². The molecule has 4 N–H and O–H groups in total. The van der Waals surface area contributed by atoms with E-state index in [2.05, 4.69) is 10.2 Å². The Bertz CT molecular complexity index is 1010. The minimum absolute atomic E-state index is 0.00795. The molecule has 0 fully saturated rings. The summed E-state index contributed by atoms with van der Waals surface area (Å²) in [5.41, 5.74) is 11.0. The van der Waals surface area contributed by atoms with E-state index in [-0.39, 0.29) is 33.3 Å². The molecule has 2 aromatic carbocycles. The minimum Gasteiger partial charge on any atom is -0.493 e. The van der Waals surface area contributed by atoms with Crippen LogP contribution in [0, 0.1) is 6.92 Å². The molecule has 8 nitrogen and oxygen atoms in total. The highest BCUT2D eigenvalue weighted by atomic mass is 35.5. The fourth-order valence-electron chi connectivity index (χ4n) is 2.08. The van der Waals surface area contributed by atoms with E-state index in [4.69, 9.17) is 43.6 Å². The van der Waals surface area contributed by atoms with Crippen LogP contribution < -0.4 is 20.4 Å². The zero-order valence-electron chi connectivity index (χ0n) is 14.8. The van der Waals surface area contributed by atoms with Crippen molar-refractivity contribution >= 4 is 45.5 Å². The molecule has 11 heteroatoms. The third-order valence-corrected chi connectivity index (χ3v) is 5.13. The van der Waals surface area contributed by atoms with Crippen LogP contribution in [0.5, 0.6) is 11.5 Å². The molecule has 0 atom stereocenters. The summed E-state index contributed by atoms with van der Waals surface area (Å²) in [5.74, 6) is 0.372. The zero-order chi connectivity index (χ0) is 20.7. The summed E-state index contributed by atoms with van der Waals surface area (Å²) in [4.78, 5) is -0.221. The molecule has 2 aromatic rings. The second-order valence-electron chi connectivity index (χ2n) is 5.55. The van der Waals surface area contributed by atoms with Gasteiger partial charge in [-0.25, -0.2) is 0 Å². The van der Waals surface area contributed by atoms with Crippen molar-refractivity contribution in [2.24, 2.45) is 21.7 Å². The Morgan fingerprint density at radius 1 is 1.14 bits per heavy atom. The molecule has 0 radical (unpaired) electrons. The average molecular weight is 445 g/mol. The van der Waals surface area contributed by atoms with E-state index in [1.807, 2.05) is 0 Å². The summed E-state index contributed by atoms with van der Waals surface area (Å²) >= 11 is 11.8. The molecule has 0 saturated carbocycles. The van der Waals surface area contributed by atoms with Gasteiger partial charge in [-0.05, 0) is 42.8 Å². The lowest BCUT2D eigenvalue weighted by atomic mass is 10.2. The number of benzene rings is 2. The van der Waals surface area contributed by atoms with Crippen molar-refractivity contribution in [1.29, 1.82) is 0 Å². The molecule has 0 bridgehead atoms. The van der Waals surface area contributed by atoms with Gasteiger partial charge in [0.05, 0.1) is 11.6 Å². The first-order valence-corrected chi connectivity index (χ1v) is 10.1. The Labute approximate surface area is 172 Å². The highest BCUT2D eigenvalue weighted by Gasteiger charge is 2.21. The minimum atomic E-state index is -4.17. The molecule has 0 aliphatic rings. The van der Waals surface area contributed by atoms with Gasteiger partial charge in [-0.1, -0.05) is 23.2 Å². The second-order valence-corrected chi connectivity index (χ2v) is 7.91. The van der Waals surface area contributed by atoms with Gasteiger partial charge in [0.15, 0.2) is 0 Å². The highest BCUT2D eigenvalue weighted by Crippen LogP contribution is 2.30. The van der Waals surface area contributed by atoms with Crippen molar-refractivity contribution < 1.29 is 17.3 Å². The van der Waals surface area contributed by atoms with Crippen LogP contribution in [0.2, 0.25) is 10.0 Å². The number of nitrogens with two attached hydrogens (primary N) is 2. The summed E-state index contributed by atoms with van der Waals surface area (Å²) in [6.45, 7) is 2.05. The predicted octanol–water partition coefficient (Wildman–Crippen LogP) is 3.10. The van der Waals surface area contributed by atoms with E-state index in [1.54, 1.807) is 19.1 Å². The molecule has 0 heterocycles. The van der Waals surface area contributed by atoms with Crippen LogP contribution >= 0.6 is 23.2 Å². The number of rotatable bonds is 8. The van der Waals surface area contributed by atoms with Crippen molar-refractivity contribution in [3.05, 3.63) is 52.0 Å². The lowest BCUT2D eigenvalue weighted by molar-refractivity contribution is 0.329. The molecule has 0 saturated heterocycles. The molecule has 0 spiro atoms. The first-order valence-electron chi connectivity index (χ1n) is 7.92. The Hall–Kier alpha value is -2.49. The summed E-state index contributed by atoms with van der Waals surface area (Å²) in [6.07, 6.45) is 1.93. The average Bonchev–Trinajstić information content (AvgIpc) is 2.59. The molecule has 2 rings (SSSR count). The van der Waals surface area contributed by atoms with E-state index in [9.17, 15) is 8.42 Å². The number of aryl methyl sites for hydroxylation is 1. The molecule has 150 valence electrons. The maximum atomic E-state index is 12.5. The normalized spacial score (nSPS) is 11.4. The first-order chi connectivity index (χ1) is 13.2. The summed E-state index contributed by atoms with van der Waals surface area (Å²) in [5, 5.41) is 7.33. The van der Waals surface area contributed by atoms with Crippen LogP contribution in [-0.2, 0) is 10.1 Å². The van der Waals surface area contributed by atoms with Crippen molar-refractivity contribution in [1.82, 2.24) is 0 Å². The lowest BCUT2D eigenvalue weighted by Crippen LogP contribution is -2.21. The quantitative estimate of drug-likeness (QED) is 0.211. The van der Waals surface area contributed by atoms with Crippen molar-refractivity contribution in [3.8, 4) is 11.5 Å². The van der Waals surface area contributed by atoms with Crippen LogP contribution in [0.3, 0.4) is 0 Å². The number of hydrogen-bond acceptors (Lipinski definition) is 6. The van der Waals surface area contributed by atoms with Gasteiger partial charge < -0.3 is 20.4 Å². The highest BCUT2D eigenvalue weighted by molar-refractivity contribution is 7.87. The molecule has 0 aromatic heterocycles. The smallest absolute Gasteiger partial charge is 0.340 e. The van der Waals surface area contributed by atoms with Crippen LogP contribution in [-0.4, -0.2) is 27.2 Å². The number of halogens is 2. The van der Waals surface area contributed by atoms with Gasteiger partial charge >= 0.3 is 10.1 Å². The fourth-order valence-corrected chi connectivity index (χ4v) is 3.74. The van der Waals surface area contributed by atoms with Gasteiger partial charge in [0.25, 0.3) is 0 Å². The van der Waals surface area contributed by atoms with Crippen LogP contribution in [0.4, 0.5) is 0 Å². The molecule has 0 aliphatic heterocycles. The van der Waals surface area contributed by atoms with Gasteiger partial charge in [0.1, 0.15) is 16.4 Å². The Balaban J connectivity index is 2.11. The topological polar surface area (TPSA) is 129 Å². The van der Waals surface area contributed by atoms with E-state index in [0.29, 0.717) is 12.2 Å². The molecule has 0 amide bonds. The van der Waals surface area contributed by atoms with Gasteiger partial charge in [-0.15, -0.1) is 5.10 Å². The van der Waals surface area contributed by atoms with Gasteiger partial charge in [-0.2, -0.15) is 13.5 Å². The van der Waals surface area contributed by atoms with Crippen LogP contribution in [0.1, 0.15) is 12.0 Å². The fraction of sp³-hybridized carbons (Fsp3) is 0.176. The number of nitrogens with zero attached hydrogens (tertiary/aromatic N) is 2. The molecule has 0 aliphatic carbocycles. The van der Waals surface area contributed by atoms with Crippen LogP contribution in [0.25, 0.3) is 0 Å². The number of hydrogen-bond donors (Lipinski definition) is 2. The largest absolute Gasteiger partial charge is 0.493 e. The van der Waals surface area contributed by atoms with Crippen molar-refractivity contribution in [2.45, 2.75) is 18.2 Å². The first kappa shape index (κ1) is 21.8. The van der Waals surface area contributed by atoms with E-state index in [0.717, 1.165) is 5.56 Å². The summed E-state index contributed by atoms with van der Waals surface area (Å²) in [7, 11) is -4.17. The van der Waals surface area contributed by atoms with E-state index >= 15 is 0 Å². The third-order valence-electron chi connectivity index (χ3n) is 3.16. The lowest BCUT2D eigenvalue weighted by Gasteiger charge is -2.11. The summed E-state index contributed by atoms with van der Waals surface area (Å²) < 4.78 is 35.8. The van der Waals surface area contributed by atoms with Gasteiger partial charge in [-0.3, -0.25) is 0 Å². The third kappa shape index (κ3) is 6.59. The molecular formula is C17H18Cl2N4O4S. The zero-order valence-corrected chi connectivity index (χ0v) is 17.1. The predicted molar refractivity (Wildman–Crippen MR) is 110 cm³/mol. The molecular weight excluding hydrogens is 427 g/mol. The number of guanidine groups is 1. The maximum Gasteiger partial charge on any atom is 0.340 e. The Morgan fingerprint density at radius 2 is 1.86 bits per heavy atom. The van der Waals surface area contributed by atoms with Gasteiger partial charge in [0.2, 0.25) is 5.96 Å². The van der Waals surface area contributed by atoms with Gasteiger partial charge in [0, 0.05) is 23.7 Å². The monoisotopic (exact) mass is 444 g/mol. The maximum absolute atomic E-state index is 12.5. The molecule has 28 heavy (non-hydrogen) atoms. The Kier molecular flexibility index (Phi) is 7.50. The van der Waals surface area contributed by atoms with Crippen LogP contribution in [0.15, 0.2) is 51.5 Å².